The minimum Gasteiger partial charge on any atom is -0.492 e. The number of halogens is 4. The molecule has 0 spiro atoms. The molecule has 2 rings (SSSR count). The molecule has 0 saturated heterocycles. The van der Waals surface area contributed by atoms with Crippen molar-refractivity contribution in [3.05, 3.63) is 57.3 Å². The minimum atomic E-state index is -0.637. The fraction of sp³-hybridized carbons (Fsp3) is 0.350. The highest BCUT2D eigenvalue weighted by Crippen LogP contribution is 2.26. The first-order valence-electron chi connectivity index (χ1n) is 9.16. The molecule has 0 radical (unpaired) electrons. The maximum atomic E-state index is 13.3. The Morgan fingerprint density at radius 2 is 1.70 bits per heavy atom. The van der Waals surface area contributed by atoms with E-state index >= 15 is 0 Å². The summed E-state index contributed by atoms with van der Waals surface area (Å²) in [6.45, 7) is 1.28. The average molecular weight is 480 g/mol. The van der Waals surface area contributed by atoms with Crippen LogP contribution in [0.15, 0.2) is 36.4 Å². The van der Waals surface area contributed by atoms with Gasteiger partial charge in [0.15, 0.2) is 6.61 Å². The third kappa shape index (κ3) is 8.93. The minimum absolute atomic E-state index is 0.0182. The maximum absolute atomic E-state index is 13.3. The normalized spacial score (nSPS) is 11.8. The lowest BCUT2D eigenvalue weighted by atomic mass is 10.2. The maximum Gasteiger partial charge on any atom is 0.257 e. The van der Waals surface area contributed by atoms with Gasteiger partial charge >= 0.3 is 0 Å². The van der Waals surface area contributed by atoms with E-state index in [1.807, 2.05) is 0 Å². The molecular formula is C20H22Cl3FN2O4. The van der Waals surface area contributed by atoms with Crippen molar-refractivity contribution >= 4 is 40.7 Å². The van der Waals surface area contributed by atoms with E-state index < -0.39 is 11.9 Å². The van der Waals surface area contributed by atoms with Gasteiger partial charge in [0.2, 0.25) is 0 Å². The van der Waals surface area contributed by atoms with E-state index in [9.17, 15) is 14.3 Å². The predicted octanol–water partition coefficient (Wildman–Crippen LogP) is 3.70. The Hall–Kier alpha value is -1.77. The van der Waals surface area contributed by atoms with Gasteiger partial charge in [-0.3, -0.25) is 4.79 Å². The van der Waals surface area contributed by atoms with Crippen molar-refractivity contribution in [2.24, 2.45) is 0 Å². The SMILES string of the molecule is O=C(COc1ccc(Cl)c(F)c1)NCCC(O)CNCCOc1ccc(Cl)c(Cl)c1. The van der Waals surface area contributed by atoms with Crippen LogP contribution < -0.4 is 20.1 Å². The number of carbonyl (C=O) groups is 1. The Bertz CT molecular complexity index is 842. The smallest absolute Gasteiger partial charge is 0.257 e. The Balaban J connectivity index is 1.51. The van der Waals surface area contributed by atoms with E-state index in [0.717, 1.165) is 6.07 Å². The fourth-order valence-electron chi connectivity index (χ4n) is 2.32. The number of amides is 1. The molecule has 0 fully saturated rings. The summed E-state index contributed by atoms with van der Waals surface area (Å²) in [6, 6.07) is 8.94. The van der Waals surface area contributed by atoms with Crippen molar-refractivity contribution in [3.8, 4) is 11.5 Å². The molecule has 1 unspecified atom stereocenters. The molecule has 2 aromatic rings. The van der Waals surface area contributed by atoms with E-state index in [1.165, 1.54) is 12.1 Å². The van der Waals surface area contributed by atoms with Gasteiger partial charge in [-0.05, 0) is 30.7 Å². The number of hydrogen-bond acceptors (Lipinski definition) is 5. The summed E-state index contributed by atoms with van der Waals surface area (Å²) in [5.41, 5.74) is 0. The summed E-state index contributed by atoms with van der Waals surface area (Å²) < 4.78 is 24.0. The van der Waals surface area contributed by atoms with Crippen LogP contribution in [0.25, 0.3) is 0 Å². The van der Waals surface area contributed by atoms with Crippen molar-refractivity contribution < 1.29 is 23.8 Å². The zero-order chi connectivity index (χ0) is 21.9. The highest BCUT2D eigenvalue weighted by Gasteiger charge is 2.08. The van der Waals surface area contributed by atoms with Gasteiger partial charge < -0.3 is 25.2 Å². The van der Waals surface area contributed by atoms with Crippen LogP contribution in [0.1, 0.15) is 6.42 Å². The van der Waals surface area contributed by atoms with E-state index in [-0.39, 0.29) is 29.8 Å². The number of aliphatic hydroxyl groups excluding tert-OH is 1. The molecule has 6 nitrogen and oxygen atoms in total. The van der Waals surface area contributed by atoms with Crippen LogP contribution in [0, 0.1) is 5.82 Å². The zero-order valence-electron chi connectivity index (χ0n) is 16.0. The summed E-state index contributed by atoms with van der Waals surface area (Å²) >= 11 is 17.3. The molecule has 0 aromatic heterocycles. The predicted molar refractivity (Wildman–Crippen MR) is 115 cm³/mol. The summed E-state index contributed by atoms with van der Waals surface area (Å²) in [7, 11) is 0. The summed E-state index contributed by atoms with van der Waals surface area (Å²) in [6.07, 6.45) is -0.274. The lowest BCUT2D eigenvalue weighted by Gasteiger charge is -2.13. The quantitative estimate of drug-likeness (QED) is 0.405. The van der Waals surface area contributed by atoms with Crippen LogP contribution in [0.5, 0.6) is 11.5 Å². The third-order valence-electron chi connectivity index (χ3n) is 3.88. The number of rotatable bonds is 12. The topological polar surface area (TPSA) is 79.8 Å². The number of carbonyl (C=O) groups excluding carboxylic acids is 1. The van der Waals surface area contributed by atoms with Crippen molar-refractivity contribution in [1.82, 2.24) is 10.6 Å². The Kier molecular flexibility index (Phi) is 10.5. The lowest BCUT2D eigenvalue weighted by Crippen LogP contribution is -2.35. The third-order valence-corrected chi connectivity index (χ3v) is 4.92. The van der Waals surface area contributed by atoms with Crippen molar-refractivity contribution in [3.63, 3.8) is 0 Å². The number of ether oxygens (including phenoxy) is 2. The number of benzene rings is 2. The first kappa shape index (κ1) is 24.5. The zero-order valence-corrected chi connectivity index (χ0v) is 18.2. The molecule has 0 saturated carbocycles. The highest BCUT2D eigenvalue weighted by molar-refractivity contribution is 6.42. The van der Waals surface area contributed by atoms with Gasteiger partial charge in [0.05, 0.1) is 21.2 Å². The molecule has 0 aliphatic rings. The molecule has 0 bridgehead atoms. The molecule has 0 heterocycles. The summed E-state index contributed by atoms with van der Waals surface area (Å²) in [5, 5.41) is 16.5. The van der Waals surface area contributed by atoms with Crippen LogP contribution in [0.3, 0.4) is 0 Å². The van der Waals surface area contributed by atoms with Crippen LogP contribution >= 0.6 is 34.8 Å². The van der Waals surface area contributed by atoms with Gasteiger partial charge in [0.1, 0.15) is 23.9 Å². The Morgan fingerprint density at radius 3 is 2.40 bits per heavy atom. The first-order valence-corrected chi connectivity index (χ1v) is 10.3. The average Bonchev–Trinajstić information content (AvgIpc) is 2.71. The molecular weight excluding hydrogens is 458 g/mol. The molecule has 10 heteroatoms. The van der Waals surface area contributed by atoms with Crippen molar-refractivity contribution in [1.29, 1.82) is 0 Å². The van der Waals surface area contributed by atoms with Gasteiger partial charge in [-0.25, -0.2) is 4.39 Å². The second-order valence-corrected chi connectivity index (χ2v) is 7.51. The van der Waals surface area contributed by atoms with Crippen LogP contribution in [-0.2, 0) is 4.79 Å². The molecule has 30 heavy (non-hydrogen) atoms. The second kappa shape index (κ2) is 12.8. The van der Waals surface area contributed by atoms with Gasteiger partial charge in [0, 0.05) is 31.8 Å². The van der Waals surface area contributed by atoms with E-state index in [2.05, 4.69) is 10.6 Å². The molecule has 1 amide bonds. The lowest BCUT2D eigenvalue weighted by molar-refractivity contribution is -0.123. The molecule has 0 aliphatic carbocycles. The number of aliphatic hydroxyl groups is 1. The standard InChI is InChI=1S/C20H22Cl3FN2O4/c21-16-3-1-14(9-18(16)23)29-8-7-25-11-13(27)5-6-26-20(28)12-30-15-2-4-17(22)19(24)10-15/h1-4,9-10,13,25,27H,5-8,11-12H2,(H,26,28). The first-order chi connectivity index (χ1) is 14.3. The molecule has 2 aromatic carbocycles. The summed E-state index contributed by atoms with van der Waals surface area (Å²) in [5.74, 6) is -0.175. The monoisotopic (exact) mass is 478 g/mol. The summed E-state index contributed by atoms with van der Waals surface area (Å²) in [4.78, 5) is 11.7. The number of hydrogen-bond donors (Lipinski definition) is 3. The highest BCUT2D eigenvalue weighted by atomic mass is 35.5. The van der Waals surface area contributed by atoms with Gasteiger partial charge in [0.25, 0.3) is 5.91 Å². The van der Waals surface area contributed by atoms with E-state index in [1.54, 1.807) is 18.2 Å². The van der Waals surface area contributed by atoms with Gasteiger partial charge in [-0.15, -0.1) is 0 Å². The van der Waals surface area contributed by atoms with E-state index in [0.29, 0.717) is 41.9 Å². The van der Waals surface area contributed by atoms with Crippen LogP contribution in [0.2, 0.25) is 15.1 Å². The van der Waals surface area contributed by atoms with Gasteiger partial charge in [-0.2, -0.15) is 0 Å². The van der Waals surface area contributed by atoms with Crippen molar-refractivity contribution in [2.75, 3.05) is 32.8 Å². The Morgan fingerprint density at radius 1 is 1.00 bits per heavy atom. The Labute approximate surface area is 189 Å². The molecule has 164 valence electrons. The fourth-order valence-corrected chi connectivity index (χ4v) is 2.73. The second-order valence-electron chi connectivity index (χ2n) is 6.29. The van der Waals surface area contributed by atoms with Crippen LogP contribution in [-0.4, -0.2) is 50.0 Å². The van der Waals surface area contributed by atoms with Gasteiger partial charge in [-0.1, -0.05) is 34.8 Å². The van der Waals surface area contributed by atoms with E-state index in [4.69, 9.17) is 44.3 Å². The molecule has 1 atom stereocenters. The van der Waals surface area contributed by atoms with Crippen molar-refractivity contribution in [2.45, 2.75) is 12.5 Å². The largest absolute Gasteiger partial charge is 0.492 e. The molecule has 0 aliphatic heterocycles. The molecule has 3 N–H and O–H groups in total. The number of nitrogens with one attached hydrogen (secondary N) is 2. The van der Waals surface area contributed by atoms with Crippen LogP contribution in [0.4, 0.5) is 4.39 Å².